The molecule has 1 fully saturated rings. The second-order valence-corrected chi connectivity index (χ2v) is 5.63. The lowest BCUT2D eigenvalue weighted by molar-refractivity contribution is 0.136. The van der Waals surface area contributed by atoms with Crippen molar-refractivity contribution in [3.8, 4) is 0 Å². The van der Waals surface area contributed by atoms with E-state index in [0.717, 1.165) is 0 Å². The average molecular weight is 298 g/mol. The van der Waals surface area contributed by atoms with Crippen LogP contribution in [0.3, 0.4) is 0 Å². The highest BCUT2D eigenvalue weighted by Gasteiger charge is 2.32. The number of benzene rings is 1. The summed E-state index contributed by atoms with van der Waals surface area (Å²) in [5.74, 6) is 0. The summed E-state index contributed by atoms with van der Waals surface area (Å²) in [6, 6.07) is 6.74. The van der Waals surface area contributed by atoms with Crippen molar-refractivity contribution in [3.05, 3.63) is 24.3 Å². The van der Waals surface area contributed by atoms with E-state index in [1.54, 1.807) is 30.5 Å². The van der Waals surface area contributed by atoms with Crippen LogP contribution in [-0.4, -0.2) is 47.0 Å². The first-order valence-corrected chi connectivity index (χ1v) is 7.41. The Balaban J connectivity index is 2.03. The van der Waals surface area contributed by atoms with Gasteiger partial charge in [0.2, 0.25) is 0 Å². The molecular weight excluding hydrogens is 284 g/mol. The van der Waals surface area contributed by atoms with Gasteiger partial charge in [0.15, 0.2) is 0 Å². The van der Waals surface area contributed by atoms with Gasteiger partial charge in [0.1, 0.15) is 6.10 Å². The quantitative estimate of drug-likeness (QED) is 0.865. The van der Waals surface area contributed by atoms with E-state index >= 15 is 0 Å². The van der Waals surface area contributed by atoms with E-state index < -0.39 is 29.1 Å². The summed E-state index contributed by atoms with van der Waals surface area (Å²) in [6.07, 6.45) is -0.618. The highest BCUT2D eigenvalue weighted by molar-refractivity contribution is 7.84. The maximum atomic E-state index is 11.7. The maximum Gasteiger partial charge on any atom is 0.414 e. The number of ether oxygens (including phenoxy) is 1. The lowest BCUT2D eigenvalue weighted by Crippen LogP contribution is -2.33. The van der Waals surface area contributed by atoms with Crippen LogP contribution in [-0.2, 0) is 15.5 Å². The lowest BCUT2D eigenvalue weighted by atomic mass is 10.2. The largest absolute Gasteiger partial charge is 0.465 e. The molecular formula is C12H14N2O5S. The number of anilines is 1. The number of hydrogen-bond donors (Lipinski definition) is 2. The summed E-state index contributed by atoms with van der Waals surface area (Å²) >= 11 is 0. The minimum Gasteiger partial charge on any atom is -0.465 e. The van der Waals surface area contributed by atoms with Crippen molar-refractivity contribution >= 4 is 28.7 Å². The van der Waals surface area contributed by atoms with Gasteiger partial charge in [-0.05, 0) is 24.3 Å². The summed E-state index contributed by atoms with van der Waals surface area (Å²) in [5.41, 5.74) is 0.627. The molecule has 2 rings (SSSR count). The standard InChI is InChI=1S/C12H14N2O5S/c1-20(18)10-4-2-8(3-5-10)14-7-9(19-12(14)17)6-13-11(15)16/h2-5,9,13H,6-7H2,1H3,(H,15,16). The first-order chi connectivity index (χ1) is 9.47. The van der Waals surface area contributed by atoms with E-state index in [2.05, 4.69) is 5.32 Å². The van der Waals surface area contributed by atoms with Gasteiger partial charge in [0, 0.05) is 27.6 Å². The van der Waals surface area contributed by atoms with Crippen molar-refractivity contribution in [1.82, 2.24) is 5.32 Å². The zero-order chi connectivity index (χ0) is 14.7. The van der Waals surface area contributed by atoms with E-state index in [1.165, 1.54) is 4.90 Å². The Morgan fingerprint density at radius 1 is 1.50 bits per heavy atom. The molecule has 20 heavy (non-hydrogen) atoms. The molecule has 0 spiro atoms. The minimum absolute atomic E-state index is 0.0502. The number of carbonyl (C=O) groups excluding carboxylic acids is 1. The van der Waals surface area contributed by atoms with Gasteiger partial charge in [0.25, 0.3) is 0 Å². The van der Waals surface area contributed by atoms with Gasteiger partial charge >= 0.3 is 12.2 Å². The second-order valence-electron chi connectivity index (χ2n) is 4.25. The highest BCUT2D eigenvalue weighted by atomic mass is 32.2. The van der Waals surface area contributed by atoms with Crippen LogP contribution in [0.5, 0.6) is 0 Å². The number of rotatable bonds is 4. The van der Waals surface area contributed by atoms with Crippen molar-refractivity contribution in [2.75, 3.05) is 24.2 Å². The van der Waals surface area contributed by atoms with Gasteiger partial charge < -0.3 is 15.2 Å². The zero-order valence-electron chi connectivity index (χ0n) is 10.7. The van der Waals surface area contributed by atoms with E-state index in [0.29, 0.717) is 10.6 Å². The van der Waals surface area contributed by atoms with Crippen molar-refractivity contribution in [1.29, 1.82) is 0 Å². The van der Waals surface area contributed by atoms with E-state index in [-0.39, 0.29) is 13.1 Å². The number of amides is 2. The van der Waals surface area contributed by atoms with Crippen LogP contribution < -0.4 is 10.2 Å². The summed E-state index contributed by atoms with van der Waals surface area (Å²) in [4.78, 5) is 24.2. The number of nitrogens with one attached hydrogen (secondary N) is 1. The molecule has 1 aromatic rings. The van der Waals surface area contributed by atoms with Crippen LogP contribution in [0, 0.1) is 0 Å². The molecule has 2 amide bonds. The van der Waals surface area contributed by atoms with Gasteiger partial charge in [-0.1, -0.05) is 0 Å². The summed E-state index contributed by atoms with van der Waals surface area (Å²) < 4.78 is 16.3. The molecule has 1 aromatic carbocycles. The molecule has 7 nitrogen and oxygen atoms in total. The van der Waals surface area contributed by atoms with E-state index in [1.807, 2.05) is 0 Å². The number of hydrogen-bond acceptors (Lipinski definition) is 4. The Bertz CT molecular complexity index is 545. The van der Waals surface area contributed by atoms with Crippen molar-refractivity contribution in [3.63, 3.8) is 0 Å². The number of cyclic esters (lactones) is 1. The molecule has 0 aliphatic carbocycles. The Hall–Kier alpha value is -2.09. The fourth-order valence-electron chi connectivity index (χ4n) is 1.86. The smallest absolute Gasteiger partial charge is 0.414 e. The maximum absolute atomic E-state index is 11.7. The fraction of sp³-hybridized carbons (Fsp3) is 0.333. The van der Waals surface area contributed by atoms with Crippen molar-refractivity contribution in [2.45, 2.75) is 11.0 Å². The van der Waals surface area contributed by atoms with Crippen LogP contribution in [0.4, 0.5) is 15.3 Å². The van der Waals surface area contributed by atoms with Crippen LogP contribution >= 0.6 is 0 Å². The molecule has 1 saturated heterocycles. The molecule has 0 saturated carbocycles. The Labute approximate surface area is 118 Å². The van der Waals surface area contributed by atoms with Crippen molar-refractivity contribution < 1.29 is 23.6 Å². The molecule has 1 aliphatic rings. The second kappa shape index (κ2) is 5.91. The molecule has 108 valence electrons. The first kappa shape index (κ1) is 14.3. The zero-order valence-corrected chi connectivity index (χ0v) is 11.6. The molecule has 8 heteroatoms. The van der Waals surface area contributed by atoms with Crippen LogP contribution in [0.15, 0.2) is 29.2 Å². The third-order valence-corrected chi connectivity index (χ3v) is 3.77. The van der Waals surface area contributed by atoms with Crippen LogP contribution in [0.2, 0.25) is 0 Å². The summed E-state index contributed by atoms with van der Waals surface area (Å²) in [6.45, 7) is 0.322. The van der Waals surface area contributed by atoms with Crippen molar-refractivity contribution in [2.24, 2.45) is 0 Å². The normalized spacial score (nSPS) is 19.6. The van der Waals surface area contributed by atoms with Gasteiger partial charge in [-0.3, -0.25) is 9.11 Å². The molecule has 1 heterocycles. The molecule has 2 atom stereocenters. The Morgan fingerprint density at radius 3 is 2.70 bits per heavy atom. The predicted molar refractivity (Wildman–Crippen MR) is 72.4 cm³/mol. The van der Waals surface area contributed by atoms with Crippen LogP contribution in [0.25, 0.3) is 0 Å². The topological polar surface area (TPSA) is 95.9 Å². The van der Waals surface area contributed by atoms with Crippen LogP contribution in [0.1, 0.15) is 0 Å². The monoisotopic (exact) mass is 298 g/mol. The number of carbonyl (C=O) groups is 2. The lowest BCUT2D eigenvalue weighted by Gasteiger charge is -2.13. The molecule has 1 aliphatic heterocycles. The van der Waals surface area contributed by atoms with Gasteiger partial charge in [-0.25, -0.2) is 9.59 Å². The summed E-state index contributed by atoms with van der Waals surface area (Å²) in [5, 5.41) is 10.7. The number of carboxylic acid groups (broad SMARTS) is 1. The highest BCUT2D eigenvalue weighted by Crippen LogP contribution is 2.22. The SMILES string of the molecule is CS(=O)c1ccc(N2CC(CNC(=O)O)OC2=O)cc1. The van der Waals surface area contributed by atoms with Gasteiger partial charge in [-0.15, -0.1) is 0 Å². The molecule has 0 bridgehead atoms. The fourth-order valence-corrected chi connectivity index (χ4v) is 2.38. The third kappa shape index (κ3) is 3.27. The van der Waals surface area contributed by atoms with E-state index in [9.17, 15) is 13.8 Å². The van der Waals surface area contributed by atoms with E-state index in [4.69, 9.17) is 9.84 Å². The Kier molecular flexibility index (Phi) is 4.23. The molecule has 0 aromatic heterocycles. The number of nitrogens with zero attached hydrogens (tertiary/aromatic N) is 1. The van der Waals surface area contributed by atoms with Gasteiger partial charge in [-0.2, -0.15) is 0 Å². The van der Waals surface area contributed by atoms with Gasteiger partial charge in [0.05, 0.1) is 13.1 Å². The predicted octanol–water partition coefficient (Wildman–Crippen LogP) is 1.02. The average Bonchev–Trinajstić information content (AvgIpc) is 2.78. The summed E-state index contributed by atoms with van der Waals surface area (Å²) in [7, 11) is -1.07. The molecule has 2 N–H and O–H groups in total. The molecule has 2 unspecified atom stereocenters. The third-order valence-electron chi connectivity index (χ3n) is 2.84. The minimum atomic E-state index is -1.16. The Morgan fingerprint density at radius 2 is 2.15 bits per heavy atom. The first-order valence-electron chi connectivity index (χ1n) is 5.86. The molecule has 0 radical (unpaired) electrons.